The summed E-state index contributed by atoms with van der Waals surface area (Å²) in [6.45, 7) is 6.71. The van der Waals surface area contributed by atoms with Crippen LogP contribution in [0.5, 0.6) is 0 Å². The summed E-state index contributed by atoms with van der Waals surface area (Å²) in [5, 5.41) is 0.395. The fourth-order valence-electron chi connectivity index (χ4n) is 1.65. The molecular formula is C12H25Cl. The van der Waals surface area contributed by atoms with Gasteiger partial charge in [0.05, 0.1) is 0 Å². The van der Waals surface area contributed by atoms with Gasteiger partial charge in [-0.25, -0.2) is 0 Å². The maximum atomic E-state index is 6.16. The Morgan fingerprint density at radius 1 is 1.00 bits per heavy atom. The molecule has 0 nitrogen and oxygen atoms in total. The van der Waals surface area contributed by atoms with Crippen LogP contribution in [0.3, 0.4) is 0 Å². The van der Waals surface area contributed by atoms with E-state index >= 15 is 0 Å². The predicted octanol–water partition coefficient (Wildman–Crippen LogP) is 5.00. The molecule has 0 aliphatic carbocycles. The van der Waals surface area contributed by atoms with Crippen LogP contribution in [-0.2, 0) is 0 Å². The Kier molecular flexibility index (Phi) is 9.07. The maximum Gasteiger partial charge on any atom is 0.0359 e. The highest BCUT2D eigenvalue weighted by atomic mass is 35.5. The minimum atomic E-state index is 0.395. The average Bonchev–Trinajstić information content (AvgIpc) is 2.16. The van der Waals surface area contributed by atoms with Crippen LogP contribution in [0.1, 0.15) is 65.7 Å². The SMILES string of the molecule is CCCCCCC[C@@H](C)C(Cl)CC. The summed E-state index contributed by atoms with van der Waals surface area (Å²) in [7, 11) is 0. The minimum absolute atomic E-state index is 0.395. The Bertz CT molecular complexity index is 101. The first-order chi connectivity index (χ1) is 6.22. The van der Waals surface area contributed by atoms with Crippen LogP contribution in [0.2, 0.25) is 0 Å². The number of alkyl halides is 1. The van der Waals surface area contributed by atoms with Gasteiger partial charge in [-0.3, -0.25) is 0 Å². The van der Waals surface area contributed by atoms with Crippen LogP contribution in [0.4, 0.5) is 0 Å². The first kappa shape index (κ1) is 13.3. The lowest BCUT2D eigenvalue weighted by molar-refractivity contribution is 0.459. The van der Waals surface area contributed by atoms with Crippen molar-refractivity contribution in [1.29, 1.82) is 0 Å². The molecule has 2 atom stereocenters. The van der Waals surface area contributed by atoms with E-state index < -0.39 is 0 Å². The molecule has 0 N–H and O–H groups in total. The maximum absolute atomic E-state index is 6.16. The van der Waals surface area contributed by atoms with Gasteiger partial charge < -0.3 is 0 Å². The zero-order chi connectivity index (χ0) is 10.1. The third-order valence-electron chi connectivity index (χ3n) is 2.77. The summed E-state index contributed by atoms with van der Waals surface area (Å²) in [6, 6.07) is 0. The molecule has 13 heavy (non-hydrogen) atoms. The second-order valence-electron chi connectivity index (χ2n) is 4.10. The number of halogens is 1. The van der Waals surface area contributed by atoms with E-state index in [0.717, 1.165) is 6.42 Å². The van der Waals surface area contributed by atoms with Gasteiger partial charge in [-0.1, -0.05) is 52.9 Å². The highest BCUT2D eigenvalue weighted by molar-refractivity contribution is 6.20. The molecular weight excluding hydrogens is 180 g/mol. The summed E-state index contributed by atoms with van der Waals surface area (Å²) < 4.78 is 0. The largest absolute Gasteiger partial charge is 0.123 e. The molecule has 80 valence electrons. The topological polar surface area (TPSA) is 0 Å². The van der Waals surface area contributed by atoms with E-state index in [9.17, 15) is 0 Å². The van der Waals surface area contributed by atoms with Crippen molar-refractivity contribution in [3.63, 3.8) is 0 Å². The van der Waals surface area contributed by atoms with Crippen molar-refractivity contribution in [3.8, 4) is 0 Å². The Morgan fingerprint density at radius 2 is 1.62 bits per heavy atom. The van der Waals surface area contributed by atoms with Gasteiger partial charge >= 0.3 is 0 Å². The normalized spacial score (nSPS) is 15.7. The molecule has 0 aromatic heterocycles. The molecule has 0 aliphatic heterocycles. The molecule has 1 unspecified atom stereocenters. The second-order valence-corrected chi connectivity index (χ2v) is 4.66. The molecule has 0 amide bonds. The lowest BCUT2D eigenvalue weighted by Crippen LogP contribution is -2.09. The molecule has 0 fully saturated rings. The Labute approximate surface area is 89.1 Å². The van der Waals surface area contributed by atoms with Crippen molar-refractivity contribution in [2.24, 2.45) is 5.92 Å². The van der Waals surface area contributed by atoms with Gasteiger partial charge in [0.2, 0.25) is 0 Å². The summed E-state index contributed by atoms with van der Waals surface area (Å²) >= 11 is 6.16. The van der Waals surface area contributed by atoms with Crippen molar-refractivity contribution >= 4 is 11.6 Å². The molecule has 0 saturated carbocycles. The van der Waals surface area contributed by atoms with Gasteiger partial charge in [0.1, 0.15) is 0 Å². The molecule has 0 aliphatic rings. The molecule has 0 aromatic rings. The number of rotatable bonds is 8. The van der Waals surface area contributed by atoms with Gasteiger partial charge in [-0.05, 0) is 18.8 Å². The number of hydrogen-bond acceptors (Lipinski definition) is 0. The second kappa shape index (κ2) is 8.87. The number of unbranched alkanes of at least 4 members (excludes halogenated alkanes) is 4. The van der Waals surface area contributed by atoms with Gasteiger partial charge in [-0.15, -0.1) is 11.6 Å². The predicted molar refractivity (Wildman–Crippen MR) is 62.5 cm³/mol. The van der Waals surface area contributed by atoms with Crippen LogP contribution >= 0.6 is 11.6 Å². The smallest absolute Gasteiger partial charge is 0.0359 e. The molecule has 0 aromatic carbocycles. The van der Waals surface area contributed by atoms with Gasteiger partial charge in [-0.2, -0.15) is 0 Å². The summed E-state index contributed by atoms with van der Waals surface area (Å²) in [6.07, 6.45) is 9.32. The van der Waals surface area contributed by atoms with Gasteiger partial charge in [0.15, 0.2) is 0 Å². The summed E-state index contributed by atoms with van der Waals surface area (Å²) in [5.41, 5.74) is 0. The Hall–Kier alpha value is 0.290. The third-order valence-corrected chi connectivity index (χ3v) is 3.51. The lowest BCUT2D eigenvalue weighted by atomic mass is 9.97. The molecule has 0 saturated heterocycles. The van der Waals surface area contributed by atoms with Crippen molar-refractivity contribution < 1.29 is 0 Å². The zero-order valence-corrected chi connectivity index (χ0v) is 10.2. The monoisotopic (exact) mass is 204 g/mol. The zero-order valence-electron chi connectivity index (χ0n) is 9.48. The summed E-state index contributed by atoms with van der Waals surface area (Å²) in [5.74, 6) is 0.702. The van der Waals surface area contributed by atoms with Crippen LogP contribution < -0.4 is 0 Å². The molecule has 0 rings (SSSR count). The van der Waals surface area contributed by atoms with Crippen LogP contribution in [-0.4, -0.2) is 5.38 Å². The Balaban J connectivity index is 3.21. The van der Waals surface area contributed by atoms with Crippen molar-refractivity contribution in [2.75, 3.05) is 0 Å². The number of hydrogen-bond donors (Lipinski definition) is 0. The molecule has 0 heterocycles. The van der Waals surface area contributed by atoms with E-state index in [1.54, 1.807) is 0 Å². The first-order valence-electron chi connectivity index (χ1n) is 5.86. The van der Waals surface area contributed by atoms with Gasteiger partial charge in [0, 0.05) is 5.38 Å². The van der Waals surface area contributed by atoms with Crippen LogP contribution in [0, 0.1) is 5.92 Å². The van der Waals surface area contributed by atoms with Crippen molar-refractivity contribution in [3.05, 3.63) is 0 Å². The van der Waals surface area contributed by atoms with Crippen molar-refractivity contribution in [2.45, 2.75) is 71.1 Å². The van der Waals surface area contributed by atoms with Crippen molar-refractivity contribution in [1.82, 2.24) is 0 Å². The van der Waals surface area contributed by atoms with Gasteiger partial charge in [0.25, 0.3) is 0 Å². The average molecular weight is 205 g/mol. The van der Waals surface area contributed by atoms with E-state index in [1.165, 1.54) is 38.5 Å². The van der Waals surface area contributed by atoms with E-state index in [2.05, 4.69) is 20.8 Å². The third kappa shape index (κ3) is 7.37. The van der Waals surface area contributed by atoms with E-state index in [4.69, 9.17) is 11.6 Å². The highest BCUT2D eigenvalue weighted by Crippen LogP contribution is 2.20. The quantitative estimate of drug-likeness (QED) is 0.386. The fourth-order valence-corrected chi connectivity index (χ4v) is 1.78. The molecule has 0 radical (unpaired) electrons. The fraction of sp³-hybridized carbons (Fsp3) is 1.00. The van der Waals surface area contributed by atoms with E-state index in [0.29, 0.717) is 11.3 Å². The Morgan fingerprint density at radius 3 is 2.15 bits per heavy atom. The lowest BCUT2D eigenvalue weighted by Gasteiger charge is -2.15. The first-order valence-corrected chi connectivity index (χ1v) is 6.30. The molecule has 0 spiro atoms. The van der Waals surface area contributed by atoms with E-state index in [1.807, 2.05) is 0 Å². The van der Waals surface area contributed by atoms with Crippen LogP contribution in [0.25, 0.3) is 0 Å². The standard InChI is InChI=1S/C12H25Cl/c1-4-6-7-8-9-10-11(3)12(13)5-2/h11-12H,4-10H2,1-3H3/t11-,12?/m1/s1. The van der Waals surface area contributed by atoms with E-state index in [-0.39, 0.29) is 0 Å². The summed E-state index contributed by atoms with van der Waals surface area (Å²) in [4.78, 5) is 0. The minimum Gasteiger partial charge on any atom is -0.123 e. The van der Waals surface area contributed by atoms with Crippen LogP contribution in [0.15, 0.2) is 0 Å². The molecule has 0 bridgehead atoms. The molecule has 1 heteroatoms. The highest BCUT2D eigenvalue weighted by Gasteiger charge is 2.10.